The zero-order valence-electron chi connectivity index (χ0n) is 20.3. The van der Waals surface area contributed by atoms with E-state index in [4.69, 9.17) is 24.1 Å². The molecule has 1 saturated carbocycles. The standard InChI is InChI=1S/C26H32O10/c1-3-22(27)35-17(2)16-34-24(29)13-12-23(28)33-15-14-18-4-10-21(11-5-18)36-26(32)20-8-6-19(7-9-20)25(30)31/h3-5,10-11,17,19-20H,1,6-9,12-16H2,2H3,(H,30,31). The molecule has 0 spiro atoms. The van der Waals surface area contributed by atoms with Crippen molar-refractivity contribution in [1.29, 1.82) is 0 Å². The van der Waals surface area contributed by atoms with Crippen LogP contribution in [0.3, 0.4) is 0 Å². The first-order valence-corrected chi connectivity index (χ1v) is 11.9. The summed E-state index contributed by atoms with van der Waals surface area (Å²) in [5.41, 5.74) is 0.868. The molecule has 1 atom stereocenters. The molecule has 1 unspecified atom stereocenters. The predicted octanol–water partition coefficient (Wildman–Crippen LogP) is 3.01. The molecule has 196 valence electrons. The summed E-state index contributed by atoms with van der Waals surface area (Å²) in [5.74, 6) is -3.22. The maximum absolute atomic E-state index is 12.3. The van der Waals surface area contributed by atoms with Crippen LogP contribution in [0.2, 0.25) is 0 Å². The monoisotopic (exact) mass is 504 g/mol. The van der Waals surface area contributed by atoms with Crippen LogP contribution in [0.4, 0.5) is 0 Å². The molecule has 0 aliphatic heterocycles. The van der Waals surface area contributed by atoms with Crippen LogP contribution in [0.15, 0.2) is 36.9 Å². The van der Waals surface area contributed by atoms with Gasteiger partial charge in [0.05, 0.1) is 31.3 Å². The van der Waals surface area contributed by atoms with Gasteiger partial charge in [0.15, 0.2) is 0 Å². The fourth-order valence-corrected chi connectivity index (χ4v) is 3.62. The summed E-state index contributed by atoms with van der Waals surface area (Å²) in [6, 6.07) is 6.83. The van der Waals surface area contributed by atoms with Gasteiger partial charge in [-0.1, -0.05) is 18.7 Å². The van der Waals surface area contributed by atoms with Crippen LogP contribution < -0.4 is 4.74 Å². The third-order valence-corrected chi connectivity index (χ3v) is 5.70. The second kappa shape index (κ2) is 14.7. The number of carboxylic acid groups (broad SMARTS) is 1. The minimum absolute atomic E-state index is 0.119. The van der Waals surface area contributed by atoms with Crippen molar-refractivity contribution < 1.29 is 48.0 Å². The second-order valence-corrected chi connectivity index (χ2v) is 8.56. The third-order valence-electron chi connectivity index (χ3n) is 5.70. The van der Waals surface area contributed by atoms with E-state index >= 15 is 0 Å². The van der Waals surface area contributed by atoms with Crippen molar-refractivity contribution in [2.24, 2.45) is 11.8 Å². The van der Waals surface area contributed by atoms with Gasteiger partial charge in [0.25, 0.3) is 0 Å². The fourth-order valence-electron chi connectivity index (χ4n) is 3.62. The Morgan fingerprint density at radius 1 is 0.972 bits per heavy atom. The molecular weight excluding hydrogens is 472 g/mol. The first-order chi connectivity index (χ1) is 17.2. The Morgan fingerprint density at radius 2 is 1.56 bits per heavy atom. The number of hydrogen-bond acceptors (Lipinski definition) is 9. The highest BCUT2D eigenvalue weighted by Crippen LogP contribution is 2.30. The number of benzene rings is 1. The minimum atomic E-state index is -0.819. The van der Waals surface area contributed by atoms with E-state index in [1.54, 1.807) is 31.2 Å². The van der Waals surface area contributed by atoms with Crippen molar-refractivity contribution in [2.75, 3.05) is 13.2 Å². The lowest BCUT2D eigenvalue weighted by atomic mass is 9.82. The number of ether oxygens (including phenoxy) is 4. The van der Waals surface area contributed by atoms with E-state index in [0.29, 0.717) is 37.9 Å². The molecule has 10 heteroatoms. The molecule has 10 nitrogen and oxygen atoms in total. The highest BCUT2D eigenvalue weighted by molar-refractivity contribution is 5.81. The summed E-state index contributed by atoms with van der Waals surface area (Å²) in [6.45, 7) is 4.83. The number of carbonyl (C=O) groups is 5. The van der Waals surface area contributed by atoms with E-state index in [-0.39, 0.29) is 43.9 Å². The number of esters is 4. The molecule has 0 radical (unpaired) electrons. The largest absolute Gasteiger partial charge is 0.481 e. The van der Waals surface area contributed by atoms with Gasteiger partial charge in [0.1, 0.15) is 18.5 Å². The summed E-state index contributed by atoms with van der Waals surface area (Å²) in [5, 5.41) is 9.05. The molecule has 36 heavy (non-hydrogen) atoms. The van der Waals surface area contributed by atoms with E-state index in [9.17, 15) is 24.0 Å². The van der Waals surface area contributed by atoms with Crippen molar-refractivity contribution >= 4 is 29.8 Å². The highest BCUT2D eigenvalue weighted by atomic mass is 16.6. The lowest BCUT2D eigenvalue weighted by molar-refractivity contribution is -0.156. The van der Waals surface area contributed by atoms with Gasteiger partial charge in [-0.2, -0.15) is 0 Å². The number of carboxylic acids is 1. The summed E-state index contributed by atoms with van der Waals surface area (Å²) in [7, 11) is 0. The average Bonchev–Trinajstić information content (AvgIpc) is 2.87. The molecule has 0 amide bonds. The maximum atomic E-state index is 12.3. The van der Waals surface area contributed by atoms with Crippen molar-refractivity contribution in [1.82, 2.24) is 0 Å². The Bertz CT molecular complexity index is 929. The van der Waals surface area contributed by atoms with Crippen LogP contribution in [0, 0.1) is 11.8 Å². The highest BCUT2D eigenvalue weighted by Gasteiger charge is 2.30. The smallest absolute Gasteiger partial charge is 0.330 e. The molecule has 2 rings (SSSR count). The van der Waals surface area contributed by atoms with Crippen molar-refractivity contribution in [3.05, 3.63) is 42.5 Å². The molecule has 0 saturated heterocycles. The van der Waals surface area contributed by atoms with Crippen LogP contribution in [0.25, 0.3) is 0 Å². The van der Waals surface area contributed by atoms with Gasteiger partial charge >= 0.3 is 29.8 Å². The summed E-state index contributed by atoms with van der Waals surface area (Å²) in [4.78, 5) is 58.0. The van der Waals surface area contributed by atoms with Crippen LogP contribution in [0.1, 0.15) is 51.0 Å². The lowest BCUT2D eigenvalue weighted by Gasteiger charge is -2.24. The first-order valence-electron chi connectivity index (χ1n) is 11.9. The third kappa shape index (κ3) is 10.3. The van der Waals surface area contributed by atoms with E-state index < -0.39 is 30.0 Å². The fraction of sp³-hybridized carbons (Fsp3) is 0.500. The van der Waals surface area contributed by atoms with E-state index in [0.717, 1.165) is 11.6 Å². The van der Waals surface area contributed by atoms with Gasteiger partial charge in [-0.05, 0) is 50.3 Å². The van der Waals surface area contributed by atoms with Gasteiger partial charge in [-0.25, -0.2) is 4.79 Å². The van der Waals surface area contributed by atoms with Crippen molar-refractivity contribution in [3.8, 4) is 5.75 Å². The van der Waals surface area contributed by atoms with E-state index in [1.165, 1.54) is 0 Å². The quantitative estimate of drug-likeness (QED) is 0.184. The van der Waals surface area contributed by atoms with Gasteiger partial charge < -0.3 is 24.1 Å². The molecule has 1 aliphatic rings. The Labute approximate surface area is 209 Å². The average molecular weight is 505 g/mol. The van der Waals surface area contributed by atoms with Crippen molar-refractivity contribution in [2.45, 2.75) is 58.0 Å². The SMILES string of the molecule is C=CC(=O)OC(C)COC(=O)CCC(=O)OCCc1ccc(OC(=O)C2CCC(C(=O)O)CC2)cc1. The minimum Gasteiger partial charge on any atom is -0.481 e. The molecule has 0 heterocycles. The zero-order valence-corrected chi connectivity index (χ0v) is 20.3. The number of rotatable bonds is 13. The van der Waals surface area contributed by atoms with Crippen LogP contribution in [0.5, 0.6) is 5.75 Å². The summed E-state index contributed by atoms with van der Waals surface area (Å²) < 4.78 is 20.4. The van der Waals surface area contributed by atoms with Gasteiger partial charge in [-0.15, -0.1) is 0 Å². The molecule has 0 bridgehead atoms. The second-order valence-electron chi connectivity index (χ2n) is 8.56. The van der Waals surface area contributed by atoms with Gasteiger partial charge in [0.2, 0.25) is 0 Å². The Kier molecular flexibility index (Phi) is 11.6. The van der Waals surface area contributed by atoms with Gasteiger partial charge in [0, 0.05) is 12.5 Å². The topological polar surface area (TPSA) is 142 Å². The summed E-state index contributed by atoms with van der Waals surface area (Å²) in [6.07, 6.45) is 2.48. The molecule has 1 aromatic carbocycles. The normalized spacial score (nSPS) is 17.8. The Hall–Kier alpha value is -3.69. The van der Waals surface area contributed by atoms with Crippen LogP contribution in [-0.4, -0.2) is 54.3 Å². The molecule has 1 aliphatic carbocycles. The molecule has 1 aromatic rings. The Balaban J connectivity index is 1.61. The zero-order chi connectivity index (χ0) is 26.5. The molecule has 0 aromatic heterocycles. The summed E-state index contributed by atoms with van der Waals surface area (Å²) >= 11 is 0. The lowest BCUT2D eigenvalue weighted by Crippen LogP contribution is -2.28. The van der Waals surface area contributed by atoms with Gasteiger partial charge in [-0.3, -0.25) is 19.2 Å². The van der Waals surface area contributed by atoms with Crippen molar-refractivity contribution in [3.63, 3.8) is 0 Å². The Morgan fingerprint density at radius 3 is 2.14 bits per heavy atom. The van der Waals surface area contributed by atoms with E-state index in [2.05, 4.69) is 6.58 Å². The van der Waals surface area contributed by atoms with E-state index in [1.807, 2.05) is 0 Å². The maximum Gasteiger partial charge on any atom is 0.330 e. The van der Waals surface area contributed by atoms with Crippen LogP contribution in [-0.2, 0) is 44.6 Å². The molecule has 1 fully saturated rings. The number of aliphatic carboxylic acids is 1. The first kappa shape index (κ1) is 28.5. The molecule has 1 N–H and O–H groups in total. The predicted molar refractivity (Wildman–Crippen MR) is 126 cm³/mol. The van der Waals surface area contributed by atoms with Crippen LogP contribution >= 0.6 is 0 Å². The number of hydrogen-bond donors (Lipinski definition) is 1. The molecular formula is C26H32O10. The number of carbonyl (C=O) groups excluding carboxylic acids is 4.